The van der Waals surface area contributed by atoms with Gasteiger partial charge in [0.05, 0.1) is 6.54 Å². The average molecular weight is 257 g/mol. The maximum atomic E-state index is 13.0. The minimum absolute atomic E-state index is 0.0850. The number of rotatable bonds is 2. The molecule has 2 saturated heterocycles. The van der Waals surface area contributed by atoms with Crippen LogP contribution in [-0.2, 0) is 0 Å². The van der Waals surface area contributed by atoms with Crippen LogP contribution in [0.15, 0.2) is 0 Å². The third kappa shape index (κ3) is 3.34. The van der Waals surface area contributed by atoms with E-state index in [1.54, 1.807) is 4.90 Å². The molecule has 18 heavy (non-hydrogen) atoms. The number of carbonyl (C=O) groups excluding carboxylic acids is 1. The van der Waals surface area contributed by atoms with Gasteiger partial charge in [-0.3, -0.25) is 0 Å². The molecule has 1 atom stereocenters. The lowest BCUT2D eigenvalue weighted by molar-refractivity contribution is 0.154. The molecule has 2 rings (SSSR count). The Balaban J connectivity index is 1.73. The molecule has 1 unspecified atom stereocenters. The number of piperidine rings is 1. The van der Waals surface area contributed by atoms with Crippen molar-refractivity contribution in [3.8, 4) is 0 Å². The van der Waals surface area contributed by atoms with E-state index >= 15 is 0 Å². The summed E-state index contributed by atoms with van der Waals surface area (Å²) < 4.78 is 13.0. The molecule has 2 aliphatic heterocycles. The fourth-order valence-corrected chi connectivity index (χ4v) is 2.73. The molecular formula is C13H24FN3O. The van der Waals surface area contributed by atoms with Gasteiger partial charge in [0, 0.05) is 31.7 Å². The number of halogens is 1. The first-order valence-corrected chi connectivity index (χ1v) is 7.00. The molecule has 0 bridgehead atoms. The molecule has 4 nitrogen and oxygen atoms in total. The van der Waals surface area contributed by atoms with Crippen molar-refractivity contribution in [2.75, 3.05) is 26.2 Å². The Morgan fingerprint density at radius 2 is 1.89 bits per heavy atom. The molecule has 0 radical (unpaired) electrons. The van der Waals surface area contributed by atoms with Crippen LogP contribution in [0.4, 0.5) is 9.18 Å². The van der Waals surface area contributed by atoms with Gasteiger partial charge in [-0.1, -0.05) is 0 Å². The second-order valence-corrected chi connectivity index (χ2v) is 5.69. The van der Waals surface area contributed by atoms with Crippen molar-refractivity contribution in [1.82, 2.24) is 15.1 Å². The number of carbonyl (C=O) groups is 1. The van der Waals surface area contributed by atoms with Gasteiger partial charge < -0.3 is 15.1 Å². The third-order valence-electron chi connectivity index (χ3n) is 4.01. The van der Waals surface area contributed by atoms with Gasteiger partial charge in [-0.05, 0) is 33.1 Å². The quantitative estimate of drug-likeness (QED) is 0.816. The summed E-state index contributed by atoms with van der Waals surface area (Å²) in [4.78, 5) is 15.9. The number of nitrogens with one attached hydrogen (secondary N) is 1. The van der Waals surface area contributed by atoms with Gasteiger partial charge in [-0.15, -0.1) is 0 Å². The van der Waals surface area contributed by atoms with E-state index in [1.165, 1.54) is 0 Å². The highest BCUT2D eigenvalue weighted by atomic mass is 19.1. The van der Waals surface area contributed by atoms with Crippen LogP contribution >= 0.6 is 0 Å². The molecule has 0 aliphatic carbocycles. The predicted octanol–water partition coefficient (Wildman–Crippen LogP) is 1.61. The van der Waals surface area contributed by atoms with Crippen LogP contribution in [0, 0.1) is 0 Å². The molecule has 2 fully saturated rings. The zero-order chi connectivity index (χ0) is 13.1. The van der Waals surface area contributed by atoms with Crippen molar-refractivity contribution >= 4 is 6.03 Å². The van der Waals surface area contributed by atoms with Crippen LogP contribution in [0.25, 0.3) is 0 Å². The Bertz CT molecular complexity index is 290. The lowest BCUT2D eigenvalue weighted by atomic mass is 10.0. The van der Waals surface area contributed by atoms with Crippen LogP contribution in [0.2, 0.25) is 0 Å². The van der Waals surface area contributed by atoms with Crippen LogP contribution in [0.1, 0.15) is 33.1 Å². The monoisotopic (exact) mass is 257 g/mol. The summed E-state index contributed by atoms with van der Waals surface area (Å²) in [5.41, 5.74) is 0. The largest absolute Gasteiger partial charge is 0.335 e. The first kappa shape index (κ1) is 13.6. The van der Waals surface area contributed by atoms with Crippen molar-refractivity contribution in [2.45, 2.75) is 51.4 Å². The summed E-state index contributed by atoms with van der Waals surface area (Å²) in [5, 5.41) is 3.03. The van der Waals surface area contributed by atoms with E-state index in [0.717, 1.165) is 25.9 Å². The van der Waals surface area contributed by atoms with Gasteiger partial charge in [0.1, 0.15) is 6.17 Å². The minimum Gasteiger partial charge on any atom is -0.335 e. The minimum atomic E-state index is -0.835. The zero-order valence-electron chi connectivity index (χ0n) is 11.4. The normalized spacial score (nSPS) is 26.9. The standard InChI is InChI=1S/C13H24FN3O/c1-10(2)16-7-4-12(5-8-16)15-13(18)17-6-3-11(14)9-17/h10-12H,3-9H2,1-2H3,(H,15,18). The second-order valence-electron chi connectivity index (χ2n) is 5.69. The highest BCUT2D eigenvalue weighted by Gasteiger charge is 2.28. The molecule has 5 heteroatoms. The topological polar surface area (TPSA) is 35.6 Å². The van der Waals surface area contributed by atoms with E-state index in [0.29, 0.717) is 19.0 Å². The van der Waals surface area contributed by atoms with Crippen molar-refractivity contribution < 1.29 is 9.18 Å². The molecule has 0 aromatic carbocycles. The van der Waals surface area contributed by atoms with E-state index < -0.39 is 6.17 Å². The molecule has 0 aromatic rings. The number of alkyl halides is 1. The van der Waals surface area contributed by atoms with E-state index in [9.17, 15) is 9.18 Å². The number of hydrogen-bond acceptors (Lipinski definition) is 2. The molecule has 1 N–H and O–H groups in total. The lowest BCUT2D eigenvalue weighted by Crippen LogP contribution is -2.49. The third-order valence-corrected chi connectivity index (χ3v) is 4.01. The molecule has 0 aromatic heterocycles. The van der Waals surface area contributed by atoms with Crippen molar-refractivity contribution in [3.05, 3.63) is 0 Å². The molecular weight excluding hydrogens is 233 g/mol. The summed E-state index contributed by atoms with van der Waals surface area (Å²) in [6.07, 6.45) is 1.64. The Morgan fingerprint density at radius 3 is 2.39 bits per heavy atom. The first-order valence-electron chi connectivity index (χ1n) is 7.00. The predicted molar refractivity (Wildman–Crippen MR) is 69.3 cm³/mol. The molecule has 104 valence electrons. The van der Waals surface area contributed by atoms with Gasteiger partial charge in [-0.25, -0.2) is 9.18 Å². The van der Waals surface area contributed by atoms with Crippen LogP contribution in [0.5, 0.6) is 0 Å². The SMILES string of the molecule is CC(C)N1CCC(NC(=O)N2CCC(F)C2)CC1. The summed E-state index contributed by atoms with van der Waals surface area (Å²) in [7, 11) is 0. The number of hydrogen-bond donors (Lipinski definition) is 1. The van der Waals surface area contributed by atoms with Gasteiger partial charge in [-0.2, -0.15) is 0 Å². The fourth-order valence-electron chi connectivity index (χ4n) is 2.73. The average Bonchev–Trinajstić information content (AvgIpc) is 2.76. The maximum Gasteiger partial charge on any atom is 0.317 e. The Labute approximate surface area is 109 Å². The van der Waals surface area contributed by atoms with Gasteiger partial charge in [0.25, 0.3) is 0 Å². The molecule has 0 saturated carbocycles. The number of urea groups is 1. The van der Waals surface area contributed by atoms with E-state index in [2.05, 4.69) is 24.1 Å². The Hall–Kier alpha value is -0.840. The molecule has 0 spiro atoms. The summed E-state index contributed by atoms with van der Waals surface area (Å²) in [5.74, 6) is 0. The Kier molecular flexibility index (Phi) is 4.43. The smallest absolute Gasteiger partial charge is 0.317 e. The van der Waals surface area contributed by atoms with Crippen LogP contribution in [-0.4, -0.2) is 60.3 Å². The summed E-state index contributed by atoms with van der Waals surface area (Å²) >= 11 is 0. The first-order chi connectivity index (χ1) is 8.56. The molecule has 2 amide bonds. The van der Waals surface area contributed by atoms with E-state index in [-0.39, 0.29) is 18.6 Å². The van der Waals surface area contributed by atoms with E-state index in [1.807, 2.05) is 0 Å². The van der Waals surface area contributed by atoms with Crippen molar-refractivity contribution in [3.63, 3.8) is 0 Å². The summed E-state index contributed by atoms with van der Waals surface area (Å²) in [6.45, 7) is 7.28. The number of nitrogens with zero attached hydrogens (tertiary/aromatic N) is 2. The van der Waals surface area contributed by atoms with Crippen molar-refractivity contribution in [2.24, 2.45) is 0 Å². The zero-order valence-corrected chi connectivity index (χ0v) is 11.4. The lowest BCUT2D eigenvalue weighted by Gasteiger charge is -2.35. The van der Waals surface area contributed by atoms with Crippen LogP contribution < -0.4 is 5.32 Å². The number of likely N-dealkylation sites (tertiary alicyclic amines) is 2. The molecule has 2 heterocycles. The van der Waals surface area contributed by atoms with Crippen LogP contribution in [0.3, 0.4) is 0 Å². The fraction of sp³-hybridized carbons (Fsp3) is 0.923. The number of amides is 2. The Morgan fingerprint density at radius 1 is 1.22 bits per heavy atom. The highest BCUT2D eigenvalue weighted by molar-refractivity contribution is 5.74. The van der Waals surface area contributed by atoms with Gasteiger partial charge in [0.15, 0.2) is 0 Å². The summed E-state index contributed by atoms with van der Waals surface area (Å²) in [6, 6.07) is 0.747. The van der Waals surface area contributed by atoms with Gasteiger partial charge >= 0.3 is 6.03 Å². The molecule has 2 aliphatic rings. The van der Waals surface area contributed by atoms with Crippen molar-refractivity contribution in [1.29, 1.82) is 0 Å². The second kappa shape index (κ2) is 5.87. The van der Waals surface area contributed by atoms with Gasteiger partial charge in [0.2, 0.25) is 0 Å². The maximum absolute atomic E-state index is 13.0. The highest BCUT2D eigenvalue weighted by Crippen LogP contribution is 2.15. The van der Waals surface area contributed by atoms with E-state index in [4.69, 9.17) is 0 Å².